The van der Waals surface area contributed by atoms with Crippen molar-refractivity contribution in [1.29, 1.82) is 0 Å². The fraction of sp³-hybridized carbons (Fsp3) is 0.781. The maximum Gasteiger partial charge on any atom is 0.150 e. The fourth-order valence-corrected chi connectivity index (χ4v) is 3.93. The highest BCUT2D eigenvalue weighted by atomic mass is 16.6. The van der Waals surface area contributed by atoms with Crippen LogP contribution in [0.1, 0.15) is 87.9 Å². The van der Waals surface area contributed by atoms with E-state index in [9.17, 15) is 4.79 Å². The molecule has 0 radical (unpaired) electrons. The van der Waals surface area contributed by atoms with E-state index in [0.717, 1.165) is 19.3 Å². The molecular weight excluding hydrogens is 512 g/mol. The molecule has 1 aromatic carbocycles. The van der Waals surface area contributed by atoms with Crippen LogP contribution in [0.4, 0.5) is 0 Å². The summed E-state index contributed by atoms with van der Waals surface area (Å²) in [7, 11) is 0. The molecule has 0 fully saturated rings. The lowest BCUT2D eigenvalue weighted by Gasteiger charge is -2.09. The number of benzene rings is 1. The number of rotatable bonds is 32. The Morgan fingerprint density at radius 1 is 0.450 bits per heavy atom. The van der Waals surface area contributed by atoms with Crippen LogP contribution in [0, 0.1) is 0 Å². The zero-order valence-electron chi connectivity index (χ0n) is 25.1. The molecule has 8 heteroatoms. The molecule has 0 aromatic heterocycles. The first-order valence-electron chi connectivity index (χ1n) is 15.5. The molecule has 0 spiro atoms. The number of ether oxygens (including phenoxy) is 7. The molecule has 8 nitrogen and oxygen atoms in total. The summed E-state index contributed by atoms with van der Waals surface area (Å²) in [5, 5.41) is 0. The van der Waals surface area contributed by atoms with E-state index in [2.05, 4.69) is 6.92 Å². The zero-order chi connectivity index (χ0) is 28.6. The van der Waals surface area contributed by atoms with Gasteiger partial charge in [-0.1, -0.05) is 71.1 Å². The van der Waals surface area contributed by atoms with E-state index in [1.54, 1.807) is 24.3 Å². The average molecular weight is 569 g/mol. The molecule has 0 bridgehead atoms. The van der Waals surface area contributed by atoms with Crippen LogP contribution < -0.4 is 4.74 Å². The van der Waals surface area contributed by atoms with Gasteiger partial charge in [0.05, 0.1) is 72.7 Å². The van der Waals surface area contributed by atoms with Gasteiger partial charge >= 0.3 is 0 Å². The first-order chi connectivity index (χ1) is 19.9. The van der Waals surface area contributed by atoms with E-state index in [1.165, 1.54) is 64.2 Å². The van der Waals surface area contributed by atoms with Crippen molar-refractivity contribution in [2.24, 2.45) is 0 Å². The molecule has 0 unspecified atom stereocenters. The van der Waals surface area contributed by atoms with Crippen molar-refractivity contribution in [2.45, 2.75) is 77.6 Å². The Morgan fingerprint density at radius 2 is 0.800 bits per heavy atom. The summed E-state index contributed by atoms with van der Waals surface area (Å²) in [4.78, 5) is 10.6. The van der Waals surface area contributed by atoms with Crippen molar-refractivity contribution in [1.82, 2.24) is 0 Å². The van der Waals surface area contributed by atoms with Crippen LogP contribution in [0.5, 0.6) is 5.75 Å². The molecule has 0 atom stereocenters. The highest BCUT2D eigenvalue weighted by molar-refractivity contribution is 5.74. The molecule has 1 aromatic rings. The summed E-state index contributed by atoms with van der Waals surface area (Å²) in [6.07, 6.45) is 15.7. The largest absolute Gasteiger partial charge is 0.491 e. The number of unbranched alkanes of at least 4 members (excludes halogenated alkanes) is 10. The van der Waals surface area contributed by atoms with E-state index in [0.29, 0.717) is 90.6 Å². The maximum absolute atomic E-state index is 10.6. The van der Waals surface area contributed by atoms with Crippen molar-refractivity contribution >= 4 is 6.29 Å². The van der Waals surface area contributed by atoms with Gasteiger partial charge in [0, 0.05) is 12.2 Å². The molecular formula is C32H56O8. The topological polar surface area (TPSA) is 81.7 Å². The molecule has 0 N–H and O–H groups in total. The third-order valence-corrected chi connectivity index (χ3v) is 6.26. The quantitative estimate of drug-likeness (QED) is 0.0741. The van der Waals surface area contributed by atoms with Gasteiger partial charge in [-0.15, -0.1) is 0 Å². The first kappa shape index (κ1) is 36.5. The summed E-state index contributed by atoms with van der Waals surface area (Å²) in [5.41, 5.74) is 0.628. The molecule has 0 heterocycles. The smallest absolute Gasteiger partial charge is 0.150 e. The van der Waals surface area contributed by atoms with Crippen LogP contribution in [0.25, 0.3) is 0 Å². The predicted octanol–water partition coefficient (Wildman–Crippen LogP) is 6.29. The summed E-state index contributed by atoms with van der Waals surface area (Å²) < 4.78 is 38.7. The second kappa shape index (κ2) is 30.4. The standard InChI is InChI=1S/C32H56O8/c1-2-3-4-5-6-7-8-9-10-11-12-17-34-18-19-35-20-21-36-22-23-37-24-25-38-26-27-39-28-29-40-32-15-13-31(30-33)14-16-32/h13-16,30H,2-12,17-29H2,1H3. The lowest BCUT2D eigenvalue weighted by Crippen LogP contribution is -2.14. The van der Waals surface area contributed by atoms with Crippen LogP contribution in [0.2, 0.25) is 0 Å². The molecule has 0 saturated heterocycles. The van der Waals surface area contributed by atoms with Crippen molar-refractivity contribution < 1.29 is 38.0 Å². The van der Waals surface area contributed by atoms with Crippen LogP contribution in [-0.4, -0.2) is 92.2 Å². The number of hydrogen-bond donors (Lipinski definition) is 0. The number of carbonyl (C=O) groups excluding carboxylic acids is 1. The minimum absolute atomic E-state index is 0.446. The second-order valence-electron chi connectivity index (χ2n) is 9.75. The van der Waals surface area contributed by atoms with Crippen molar-refractivity contribution in [2.75, 3.05) is 85.9 Å². The lowest BCUT2D eigenvalue weighted by molar-refractivity contribution is -0.0179. The maximum atomic E-state index is 10.6. The van der Waals surface area contributed by atoms with E-state index < -0.39 is 0 Å². The number of aldehydes is 1. The Balaban J connectivity index is 1.65. The lowest BCUT2D eigenvalue weighted by atomic mass is 10.1. The van der Waals surface area contributed by atoms with Gasteiger partial charge < -0.3 is 33.2 Å². The van der Waals surface area contributed by atoms with Gasteiger partial charge in [0.1, 0.15) is 18.6 Å². The zero-order valence-corrected chi connectivity index (χ0v) is 25.1. The first-order valence-corrected chi connectivity index (χ1v) is 15.5. The van der Waals surface area contributed by atoms with Gasteiger partial charge in [-0.25, -0.2) is 0 Å². The molecule has 0 aliphatic carbocycles. The third-order valence-electron chi connectivity index (χ3n) is 6.26. The van der Waals surface area contributed by atoms with Crippen LogP contribution in [0.15, 0.2) is 24.3 Å². The molecule has 0 saturated carbocycles. The van der Waals surface area contributed by atoms with Gasteiger partial charge in [-0.3, -0.25) is 4.79 Å². The highest BCUT2D eigenvalue weighted by Crippen LogP contribution is 2.12. The summed E-state index contributed by atoms with van der Waals surface area (Å²) in [5.74, 6) is 0.717. The Bertz CT molecular complexity index is 640. The SMILES string of the molecule is CCCCCCCCCCCCCOCCOCCOCCOCCOCCOCCOc1ccc(C=O)cc1. The van der Waals surface area contributed by atoms with Gasteiger partial charge in [-0.2, -0.15) is 0 Å². The van der Waals surface area contributed by atoms with Crippen molar-refractivity contribution in [3.05, 3.63) is 29.8 Å². The van der Waals surface area contributed by atoms with Crippen LogP contribution in [-0.2, 0) is 28.4 Å². The van der Waals surface area contributed by atoms with Gasteiger partial charge in [0.25, 0.3) is 0 Å². The predicted molar refractivity (Wildman–Crippen MR) is 159 cm³/mol. The van der Waals surface area contributed by atoms with Gasteiger partial charge in [0.15, 0.2) is 0 Å². The van der Waals surface area contributed by atoms with E-state index >= 15 is 0 Å². The third kappa shape index (κ3) is 25.4. The normalized spacial score (nSPS) is 11.2. The molecule has 0 amide bonds. The van der Waals surface area contributed by atoms with Crippen molar-refractivity contribution in [3.8, 4) is 5.75 Å². The van der Waals surface area contributed by atoms with E-state index in [1.807, 2.05) is 0 Å². The molecule has 232 valence electrons. The minimum atomic E-state index is 0.446. The van der Waals surface area contributed by atoms with E-state index in [-0.39, 0.29) is 0 Å². The monoisotopic (exact) mass is 568 g/mol. The number of carbonyl (C=O) groups is 1. The molecule has 0 aliphatic heterocycles. The Hall–Kier alpha value is -1.55. The Labute approximate surface area is 243 Å². The van der Waals surface area contributed by atoms with Crippen LogP contribution >= 0.6 is 0 Å². The highest BCUT2D eigenvalue weighted by Gasteiger charge is 1.97. The van der Waals surface area contributed by atoms with Crippen LogP contribution in [0.3, 0.4) is 0 Å². The summed E-state index contributed by atoms with van der Waals surface area (Å²) >= 11 is 0. The summed E-state index contributed by atoms with van der Waals surface area (Å²) in [6, 6.07) is 6.97. The average Bonchev–Trinajstić information content (AvgIpc) is 2.98. The summed E-state index contributed by atoms with van der Waals surface area (Å²) in [6.45, 7) is 9.55. The molecule has 1 rings (SSSR count). The minimum Gasteiger partial charge on any atom is -0.491 e. The van der Waals surface area contributed by atoms with Gasteiger partial charge in [-0.05, 0) is 30.7 Å². The molecule has 0 aliphatic rings. The molecule has 40 heavy (non-hydrogen) atoms. The Kier molecular flexibility index (Phi) is 27.7. The van der Waals surface area contributed by atoms with Crippen molar-refractivity contribution in [3.63, 3.8) is 0 Å². The van der Waals surface area contributed by atoms with E-state index in [4.69, 9.17) is 33.2 Å². The fourth-order valence-electron chi connectivity index (χ4n) is 3.93. The number of hydrogen-bond acceptors (Lipinski definition) is 8. The Morgan fingerprint density at radius 3 is 1.20 bits per heavy atom. The van der Waals surface area contributed by atoms with Gasteiger partial charge in [0.2, 0.25) is 0 Å². The second-order valence-corrected chi connectivity index (χ2v) is 9.75.